The Balaban J connectivity index is 1.55. The van der Waals surface area contributed by atoms with Crippen LogP contribution in [0.15, 0.2) is 48.5 Å². The van der Waals surface area contributed by atoms with Gasteiger partial charge in [-0.15, -0.1) is 0 Å². The fourth-order valence-corrected chi connectivity index (χ4v) is 4.63. The number of nitrogens with zero attached hydrogens (tertiary/aromatic N) is 1. The molecule has 1 amide bonds. The van der Waals surface area contributed by atoms with Gasteiger partial charge in [-0.3, -0.25) is 10.1 Å². The van der Waals surface area contributed by atoms with Crippen LogP contribution in [0, 0.1) is 0 Å². The predicted octanol–water partition coefficient (Wildman–Crippen LogP) is 4.81. The third-order valence-corrected chi connectivity index (χ3v) is 5.82. The number of ether oxygens (including phenoxy) is 1. The summed E-state index contributed by atoms with van der Waals surface area (Å²) in [5.74, 6) is 0.479. The molecule has 0 saturated carbocycles. The van der Waals surface area contributed by atoms with E-state index in [2.05, 4.69) is 29.6 Å². The molecular formula is C21H16N2O2S. The van der Waals surface area contributed by atoms with Crippen molar-refractivity contribution >= 4 is 43.4 Å². The van der Waals surface area contributed by atoms with E-state index in [1.807, 2.05) is 6.07 Å². The van der Waals surface area contributed by atoms with Gasteiger partial charge in [0.05, 0.1) is 17.3 Å². The minimum absolute atomic E-state index is 0.180. The molecule has 0 saturated heterocycles. The fraction of sp³-hybridized carbons (Fsp3) is 0.143. The van der Waals surface area contributed by atoms with Crippen molar-refractivity contribution in [1.82, 2.24) is 4.98 Å². The zero-order chi connectivity index (χ0) is 17.7. The van der Waals surface area contributed by atoms with Gasteiger partial charge in [0.2, 0.25) is 0 Å². The highest BCUT2D eigenvalue weighted by Crippen LogP contribution is 2.39. The minimum atomic E-state index is -0.180. The lowest BCUT2D eigenvalue weighted by molar-refractivity contribution is 0.102. The normalized spacial score (nSPS) is 12.7. The molecule has 1 heterocycles. The van der Waals surface area contributed by atoms with Crippen molar-refractivity contribution in [3.63, 3.8) is 0 Å². The molecule has 1 aliphatic rings. The van der Waals surface area contributed by atoms with E-state index in [1.165, 1.54) is 33.2 Å². The van der Waals surface area contributed by atoms with Crippen LogP contribution in [-0.4, -0.2) is 18.0 Å². The number of hydrogen-bond donors (Lipinski definition) is 1. The second-order valence-corrected chi connectivity index (χ2v) is 7.46. The van der Waals surface area contributed by atoms with Crippen LogP contribution in [0.2, 0.25) is 0 Å². The maximum atomic E-state index is 12.6. The van der Waals surface area contributed by atoms with Crippen molar-refractivity contribution in [3.8, 4) is 5.75 Å². The zero-order valence-electron chi connectivity index (χ0n) is 14.2. The first-order valence-electron chi connectivity index (χ1n) is 8.52. The van der Waals surface area contributed by atoms with Crippen molar-refractivity contribution in [1.29, 1.82) is 0 Å². The Morgan fingerprint density at radius 2 is 1.96 bits per heavy atom. The molecular weight excluding hydrogens is 344 g/mol. The minimum Gasteiger partial charge on any atom is -0.497 e. The molecule has 0 bridgehead atoms. The van der Waals surface area contributed by atoms with Gasteiger partial charge in [0.1, 0.15) is 5.75 Å². The number of carbonyl (C=O) groups excluding carboxylic acids is 1. The molecule has 0 aliphatic heterocycles. The first-order chi connectivity index (χ1) is 12.7. The summed E-state index contributed by atoms with van der Waals surface area (Å²) in [4.78, 5) is 17.3. The molecule has 3 aromatic carbocycles. The van der Waals surface area contributed by atoms with E-state index < -0.39 is 0 Å². The van der Waals surface area contributed by atoms with Gasteiger partial charge in [-0.1, -0.05) is 35.6 Å². The summed E-state index contributed by atoms with van der Waals surface area (Å²) in [5.41, 5.74) is 4.31. The van der Waals surface area contributed by atoms with E-state index in [-0.39, 0.29) is 5.91 Å². The first-order valence-corrected chi connectivity index (χ1v) is 9.34. The molecule has 5 heteroatoms. The van der Waals surface area contributed by atoms with Gasteiger partial charge in [-0.25, -0.2) is 4.98 Å². The summed E-state index contributed by atoms with van der Waals surface area (Å²) in [5, 5.41) is 6.08. The lowest BCUT2D eigenvalue weighted by atomic mass is 10.0. The molecule has 5 rings (SSSR count). The van der Waals surface area contributed by atoms with Crippen LogP contribution in [0.1, 0.15) is 21.5 Å². The van der Waals surface area contributed by atoms with Crippen LogP contribution < -0.4 is 10.1 Å². The predicted molar refractivity (Wildman–Crippen MR) is 105 cm³/mol. The molecule has 1 N–H and O–H groups in total. The summed E-state index contributed by atoms with van der Waals surface area (Å²) < 4.78 is 6.31. The number of anilines is 1. The molecule has 4 nitrogen and oxygen atoms in total. The highest BCUT2D eigenvalue weighted by atomic mass is 32.1. The van der Waals surface area contributed by atoms with E-state index in [0.717, 1.165) is 23.1 Å². The van der Waals surface area contributed by atoms with E-state index in [1.54, 1.807) is 25.3 Å². The fourth-order valence-electron chi connectivity index (χ4n) is 3.69. The summed E-state index contributed by atoms with van der Waals surface area (Å²) in [6, 6.07) is 15.8. The van der Waals surface area contributed by atoms with Gasteiger partial charge in [0, 0.05) is 10.9 Å². The number of carbonyl (C=O) groups is 1. The lowest BCUT2D eigenvalue weighted by Gasteiger charge is -2.04. The van der Waals surface area contributed by atoms with Crippen molar-refractivity contribution in [2.45, 2.75) is 12.8 Å². The number of aromatic nitrogens is 1. The van der Waals surface area contributed by atoms with Crippen LogP contribution in [0.5, 0.6) is 5.75 Å². The van der Waals surface area contributed by atoms with Crippen LogP contribution in [0.25, 0.3) is 21.0 Å². The maximum Gasteiger partial charge on any atom is 0.257 e. The summed E-state index contributed by atoms with van der Waals surface area (Å²) in [6.45, 7) is 0. The Morgan fingerprint density at radius 3 is 2.85 bits per heavy atom. The maximum absolute atomic E-state index is 12.6. The Kier molecular flexibility index (Phi) is 3.43. The third kappa shape index (κ3) is 2.35. The zero-order valence-corrected chi connectivity index (χ0v) is 15.0. The highest BCUT2D eigenvalue weighted by molar-refractivity contribution is 7.22. The SMILES string of the molecule is COc1cccc(C(=O)Nc2nc3c(cc4c5c(cccc53)CC4)s2)c1. The van der Waals surface area contributed by atoms with Crippen LogP contribution in [-0.2, 0) is 12.8 Å². The number of amides is 1. The topological polar surface area (TPSA) is 51.2 Å². The highest BCUT2D eigenvalue weighted by Gasteiger charge is 2.19. The summed E-state index contributed by atoms with van der Waals surface area (Å²) >= 11 is 1.52. The van der Waals surface area contributed by atoms with Crippen LogP contribution in [0.3, 0.4) is 0 Å². The van der Waals surface area contributed by atoms with Crippen molar-refractivity contribution in [3.05, 3.63) is 65.2 Å². The number of aryl methyl sites for hydroxylation is 2. The molecule has 128 valence electrons. The lowest BCUT2D eigenvalue weighted by Crippen LogP contribution is -2.11. The standard InChI is InChI=1S/C21H16N2O2S/c1-25-15-6-2-5-14(10-15)20(24)23-21-22-19-16-7-3-4-12-8-9-13(18(12)16)11-17(19)26-21/h2-7,10-11H,8-9H2,1H3,(H,22,23,24). The Hall–Kier alpha value is -2.92. The van der Waals surface area contributed by atoms with E-state index >= 15 is 0 Å². The molecule has 0 atom stereocenters. The van der Waals surface area contributed by atoms with Gasteiger partial charge in [-0.2, -0.15) is 0 Å². The Labute approximate surface area is 154 Å². The second-order valence-electron chi connectivity index (χ2n) is 6.43. The monoisotopic (exact) mass is 360 g/mol. The van der Waals surface area contributed by atoms with Crippen molar-refractivity contribution in [2.24, 2.45) is 0 Å². The molecule has 0 radical (unpaired) electrons. The summed E-state index contributed by atoms with van der Waals surface area (Å²) in [7, 11) is 1.59. The molecule has 4 aromatic rings. The number of benzene rings is 3. The Bertz CT molecular complexity index is 1180. The molecule has 26 heavy (non-hydrogen) atoms. The van der Waals surface area contributed by atoms with Crippen molar-refractivity contribution < 1.29 is 9.53 Å². The third-order valence-electron chi connectivity index (χ3n) is 4.90. The molecule has 1 aliphatic carbocycles. The van der Waals surface area contributed by atoms with Gasteiger partial charge in [0.25, 0.3) is 5.91 Å². The molecule has 0 unspecified atom stereocenters. The molecule has 1 aromatic heterocycles. The number of thiazole rings is 1. The number of methoxy groups -OCH3 is 1. The number of fused-ring (bicyclic) bond motifs is 2. The van der Waals surface area contributed by atoms with Crippen molar-refractivity contribution in [2.75, 3.05) is 12.4 Å². The number of nitrogens with one attached hydrogen (secondary N) is 1. The smallest absolute Gasteiger partial charge is 0.257 e. The number of hydrogen-bond acceptors (Lipinski definition) is 4. The second kappa shape index (κ2) is 5.81. The average molecular weight is 360 g/mol. The van der Waals surface area contributed by atoms with Gasteiger partial charge in [0.15, 0.2) is 5.13 Å². The van der Waals surface area contributed by atoms with E-state index in [0.29, 0.717) is 16.4 Å². The number of rotatable bonds is 3. The summed E-state index contributed by atoms with van der Waals surface area (Å²) in [6.07, 6.45) is 2.18. The largest absolute Gasteiger partial charge is 0.497 e. The molecule has 0 spiro atoms. The van der Waals surface area contributed by atoms with Gasteiger partial charge < -0.3 is 4.74 Å². The molecule has 0 fully saturated rings. The van der Waals surface area contributed by atoms with Crippen LogP contribution >= 0.6 is 11.3 Å². The van der Waals surface area contributed by atoms with Gasteiger partial charge in [-0.05, 0) is 53.6 Å². The average Bonchev–Trinajstić information content (AvgIpc) is 3.27. The first kappa shape index (κ1) is 15.3. The van der Waals surface area contributed by atoms with E-state index in [4.69, 9.17) is 9.72 Å². The van der Waals surface area contributed by atoms with Gasteiger partial charge >= 0.3 is 0 Å². The van der Waals surface area contributed by atoms with Crippen LogP contribution in [0.4, 0.5) is 5.13 Å². The Morgan fingerprint density at radius 1 is 1.12 bits per heavy atom. The quantitative estimate of drug-likeness (QED) is 0.570. The van der Waals surface area contributed by atoms with E-state index in [9.17, 15) is 4.79 Å².